The number of carbonyl (C=O) groups is 2. The highest BCUT2D eigenvalue weighted by Gasteiger charge is 2.47. The first kappa shape index (κ1) is 17.3. The number of ether oxygens (including phenoxy) is 3. The molecule has 2 heterocycles. The quantitative estimate of drug-likeness (QED) is 0.849. The number of rotatable bonds is 4. The van der Waals surface area contributed by atoms with E-state index in [1.807, 2.05) is 32.0 Å². The van der Waals surface area contributed by atoms with E-state index >= 15 is 0 Å². The maximum absolute atomic E-state index is 12.4. The first-order valence-electron chi connectivity index (χ1n) is 8.35. The van der Waals surface area contributed by atoms with Crippen LogP contribution >= 0.6 is 0 Å². The lowest BCUT2D eigenvalue weighted by Gasteiger charge is -2.27. The van der Waals surface area contributed by atoms with E-state index in [9.17, 15) is 9.59 Å². The van der Waals surface area contributed by atoms with Crippen molar-refractivity contribution in [1.82, 2.24) is 5.32 Å². The fraction of sp³-hybridized carbons (Fsp3) is 0.474. The molecule has 0 saturated carbocycles. The molecule has 6 heteroatoms. The van der Waals surface area contributed by atoms with E-state index in [1.54, 1.807) is 21.0 Å². The summed E-state index contributed by atoms with van der Waals surface area (Å²) in [6.07, 6.45) is 0.206. The van der Waals surface area contributed by atoms with Gasteiger partial charge in [-0.25, -0.2) is 4.79 Å². The number of hydrogen-bond acceptors (Lipinski definition) is 5. The van der Waals surface area contributed by atoms with Crippen LogP contribution in [0.5, 0.6) is 11.5 Å². The molecule has 1 atom stereocenters. The van der Waals surface area contributed by atoms with Gasteiger partial charge in [0.2, 0.25) is 5.91 Å². The van der Waals surface area contributed by atoms with Gasteiger partial charge in [-0.05, 0) is 45.4 Å². The summed E-state index contributed by atoms with van der Waals surface area (Å²) >= 11 is 0. The highest BCUT2D eigenvalue weighted by molar-refractivity contribution is 5.99. The summed E-state index contributed by atoms with van der Waals surface area (Å²) in [7, 11) is 1.57. The summed E-state index contributed by atoms with van der Waals surface area (Å²) in [5.41, 5.74) is 1.07. The molecule has 0 spiro atoms. The van der Waals surface area contributed by atoms with Gasteiger partial charge >= 0.3 is 5.97 Å². The summed E-state index contributed by atoms with van der Waals surface area (Å²) in [5.74, 6) is 0.332. The normalized spacial score (nSPS) is 21.8. The monoisotopic (exact) mass is 345 g/mol. The van der Waals surface area contributed by atoms with Gasteiger partial charge in [0.1, 0.15) is 5.60 Å². The van der Waals surface area contributed by atoms with Crippen molar-refractivity contribution >= 4 is 11.9 Å². The molecule has 25 heavy (non-hydrogen) atoms. The first-order chi connectivity index (χ1) is 11.7. The molecule has 134 valence electrons. The van der Waals surface area contributed by atoms with Crippen molar-refractivity contribution in [3.8, 4) is 11.5 Å². The second kappa shape index (κ2) is 6.10. The van der Waals surface area contributed by atoms with Crippen molar-refractivity contribution < 1.29 is 23.8 Å². The Labute approximate surface area is 147 Å². The van der Waals surface area contributed by atoms with Crippen LogP contribution in [-0.4, -0.2) is 30.7 Å². The molecular formula is C19H23NO5. The first-order valence-corrected chi connectivity index (χ1v) is 8.35. The van der Waals surface area contributed by atoms with Crippen molar-refractivity contribution in [1.29, 1.82) is 0 Å². The fourth-order valence-corrected chi connectivity index (χ4v) is 3.31. The summed E-state index contributed by atoms with van der Waals surface area (Å²) in [4.78, 5) is 24.6. The average Bonchev–Trinajstić information content (AvgIpc) is 2.75. The molecule has 1 N–H and O–H groups in total. The van der Waals surface area contributed by atoms with Gasteiger partial charge in [0.05, 0.1) is 24.5 Å². The lowest BCUT2D eigenvalue weighted by atomic mass is 9.82. The Bertz CT molecular complexity index is 763. The predicted molar refractivity (Wildman–Crippen MR) is 91.5 cm³/mol. The molecule has 1 amide bonds. The molecule has 1 aromatic carbocycles. The van der Waals surface area contributed by atoms with Gasteiger partial charge in [-0.2, -0.15) is 0 Å². The van der Waals surface area contributed by atoms with E-state index in [2.05, 4.69) is 5.32 Å². The molecule has 6 nitrogen and oxygen atoms in total. The zero-order valence-corrected chi connectivity index (χ0v) is 15.1. The van der Waals surface area contributed by atoms with E-state index in [-0.39, 0.29) is 30.3 Å². The van der Waals surface area contributed by atoms with Crippen LogP contribution in [0.15, 0.2) is 29.5 Å². The van der Waals surface area contributed by atoms with Crippen LogP contribution in [0.2, 0.25) is 0 Å². The van der Waals surface area contributed by atoms with Crippen molar-refractivity contribution in [2.24, 2.45) is 0 Å². The van der Waals surface area contributed by atoms with E-state index in [0.717, 1.165) is 5.56 Å². The maximum atomic E-state index is 12.4. The number of carbonyl (C=O) groups excluding carboxylic acids is 2. The van der Waals surface area contributed by atoms with Gasteiger partial charge in [-0.3, -0.25) is 4.79 Å². The molecule has 0 saturated heterocycles. The Hall–Kier alpha value is -2.50. The van der Waals surface area contributed by atoms with Crippen LogP contribution < -0.4 is 14.8 Å². The molecule has 0 unspecified atom stereocenters. The fourth-order valence-electron chi connectivity index (χ4n) is 3.31. The number of nitrogens with one attached hydrogen (secondary N) is 1. The molecule has 0 radical (unpaired) electrons. The highest BCUT2D eigenvalue weighted by Crippen LogP contribution is 2.44. The summed E-state index contributed by atoms with van der Waals surface area (Å²) < 4.78 is 16.6. The van der Waals surface area contributed by atoms with Gasteiger partial charge in [0.25, 0.3) is 0 Å². The Balaban J connectivity index is 2.05. The molecule has 3 rings (SSSR count). The Kier molecular flexibility index (Phi) is 4.22. The molecule has 0 aromatic heterocycles. The molecule has 2 aliphatic rings. The second-order valence-corrected chi connectivity index (χ2v) is 7.07. The molecule has 0 fully saturated rings. The molecular weight excluding hydrogens is 322 g/mol. The lowest BCUT2D eigenvalue weighted by molar-refractivity contribution is -0.144. The Morgan fingerprint density at radius 2 is 1.96 bits per heavy atom. The van der Waals surface area contributed by atoms with E-state index in [0.29, 0.717) is 22.8 Å². The number of benzene rings is 1. The van der Waals surface area contributed by atoms with Gasteiger partial charge in [-0.1, -0.05) is 6.07 Å². The number of cyclic esters (lactones) is 1. The zero-order valence-electron chi connectivity index (χ0n) is 15.1. The average molecular weight is 345 g/mol. The number of methoxy groups -OCH3 is 1. The van der Waals surface area contributed by atoms with Crippen LogP contribution in [0.4, 0.5) is 0 Å². The minimum absolute atomic E-state index is 0.0140. The van der Waals surface area contributed by atoms with Gasteiger partial charge in [0.15, 0.2) is 11.5 Å². The minimum Gasteiger partial charge on any atom is -0.493 e. The molecule has 2 aliphatic heterocycles. The van der Waals surface area contributed by atoms with Gasteiger partial charge < -0.3 is 19.5 Å². The lowest BCUT2D eigenvalue weighted by Crippen LogP contribution is -2.38. The summed E-state index contributed by atoms with van der Waals surface area (Å²) in [6.45, 7) is 7.42. The SMILES string of the molecule is COc1cc([C@H]2CC(=O)NC3=C2C(=O)OC3(C)C)ccc1OC(C)C. The summed E-state index contributed by atoms with van der Waals surface area (Å²) in [6, 6.07) is 5.50. The van der Waals surface area contributed by atoms with Crippen molar-refractivity contribution in [2.75, 3.05) is 7.11 Å². The Morgan fingerprint density at radius 3 is 2.60 bits per heavy atom. The maximum Gasteiger partial charge on any atom is 0.337 e. The number of esters is 1. The van der Waals surface area contributed by atoms with Gasteiger partial charge in [-0.15, -0.1) is 0 Å². The van der Waals surface area contributed by atoms with Gasteiger partial charge in [0, 0.05) is 12.3 Å². The van der Waals surface area contributed by atoms with Crippen molar-refractivity contribution in [3.63, 3.8) is 0 Å². The predicted octanol–water partition coefficient (Wildman–Crippen LogP) is 2.68. The standard InChI is InChI=1S/C19H23NO5/c1-10(2)24-13-7-6-11(8-14(13)23-5)12-9-15(21)20-17-16(12)18(22)25-19(17,3)4/h6-8,10,12H,9H2,1-5H3,(H,20,21)/t12-/m1/s1. The highest BCUT2D eigenvalue weighted by atomic mass is 16.6. The van der Waals surface area contributed by atoms with Crippen LogP contribution in [0.3, 0.4) is 0 Å². The van der Waals surface area contributed by atoms with E-state index < -0.39 is 5.60 Å². The second-order valence-electron chi connectivity index (χ2n) is 7.07. The largest absolute Gasteiger partial charge is 0.493 e. The molecule has 0 bridgehead atoms. The third-order valence-electron chi connectivity index (χ3n) is 4.39. The van der Waals surface area contributed by atoms with Crippen molar-refractivity contribution in [2.45, 2.75) is 51.7 Å². The van der Waals surface area contributed by atoms with Crippen LogP contribution in [0.25, 0.3) is 0 Å². The molecule has 1 aromatic rings. The minimum atomic E-state index is -0.828. The van der Waals surface area contributed by atoms with Crippen LogP contribution in [0.1, 0.15) is 45.6 Å². The molecule has 0 aliphatic carbocycles. The zero-order chi connectivity index (χ0) is 18.4. The third kappa shape index (κ3) is 3.08. The van der Waals surface area contributed by atoms with Crippen LogP contribution in [-0.2, 0) is 14.3 Å². The smallest absolute Gasteiger partial charge is 0.337 e. The van der Waals surface area contributed by atoms with E-state index in [4.69, 9.17) is 14.2 Å². The van der Waals surface area contributed by atoms with E-state index in [1.165, 1.54) is 0 Å². The summed E-state index contributed by atoms with van der Waals surface area (Å²) in [5, 5.41) is 2.80. The Morgan fingerprint density at radius 1 is 1.24 bits per heavy atom. The number of hydrogen-bond donors (Lipinski definition) is 1. The topological polar surface area (TPSA) is 73.9 Å². The van der Waals surface area contributed by atoms with Crippen LogP contribution in [0, 0.1) is 0 Å². The van der Waals surface area contributed by atoms with Crippen molar-refractivity contribution in [3.05, 3.63) is 35.0 Å². The number of amides is 1. The third-order valence-corrected chi connectivity index (χ3v) is 4.39.